The number of nitrogens with zero attached hydrogens (tertiary/aromatic N) is 2. The number of imidazole rings is 1. The van der Waals surface area contributed by atoms with Gasteiger partial charge in [0.25, 0.3) is 0 Å². The van der Waals surface area contributed by atoms with Crippen LogP contribution in [0.15, 0.2) is 42.5 Å². The van der Waals surface area contributed by atoms with Crippen LogP contribution in [0.2, 0.25) is 0 Å². The zero-order valence-electron chi connectivity index (χ0n) is 9.89. The first-order valence-corrected chi connectivity index (χ1v) is 5.63. The standard InChI is InChI=1S/C14H12FN3/c1-18-13-7-4-10(15)8-12(13)17-14(18)9-2-5-11(16)6-3-9/h2-8H,16H2,1H3. The van der Waals surface area contributed by atoms with E-state index in [0.717, 1.165) is 16.9 Å². The zero-order chi connectivity index (χ0) is 12.7. The third-order valence-electron chi connectivity index (χ3n) is 3.01. The topological polar surface area (TPSA) is 43.8 Å². The number of rotatable bonds is 1. The number of anilines is 1. The highest BCUT2D eigenvalue weighted by molar-refractivity contribution is 5.80. The molecule has 0 amide bonds. The number of aromatic nitrogens is 2. The van der Waals surface area contributed by atoms with Crippen molar-refractivity contribution in [2.24, 2.45) is 7.05 Å². The molecule has 0 aliphatic heterocycles. The quantitative estimate of drug-likeness (QED) is 0.666. The van der Waals surface area contributed by atoms with Crippen LogP contribution in [0, 0.1) is 5.82 Å². The lowest BCUT2D eigenvalue weighted by atomic mass is 10.2. The molecule has 3 rings (SSSR count). The van der Waals surface area contributed by atoms with Gasteiger partial charge < -0.3 is 10.3 Å². The maximum absolute atomic E-state index is 13.2. The van der Waals surface area contributed by atoms with Crippen molar-refractivity contribution >= 4 is 16.7 Å². The molecule has 0 saturated carbocycles. The van der Waals surface area contributed by atoms with Crippen LogP contribution in [0.1, 0.15) is 0 Å². The van der Waals surface area contributed by atoms with Gasteiger partial charge in [-0.3, -0.25) is 0 Å². The molecule has 0 aliphatic rings. The van der Waals surface area contributed by atoms with Crippen LogP contribution in [0.5, 0.6) is 0 Å². The normalized spacial score (nSPS) is 11.0. The van der Waals surface area contributed by atoms with Crippen molar-refractivity contribution in [1.29, 1.82) is 0 Å². The maximum atomic E-state index is 13.2. The molecule has 0 atom stereocenters. The molecule has 3 aromatic rings. The van der Waals surface area contributed by atoms with Crippen LogP contribution in [0.25, 0.3) is 22.4 Å². The molecule has 90 valence electrons. The maximum Gasteiger partial charge on any atom is 0.140 e. The SMILES string of the molecule is Cn1c(-c2ccc(N)cc2)nc2cc(F)ccc21. The van der Waals surface area contributed by atoms with Crippen molar-refractivity contribution in [2.45, 2.75) is 0 Å². The minimum absolute atomic E-state index is 0.274. The number of halogens is 1. The first kappa shape index (κ1) is 10.8. The molecule has 0 bridgehead atoms. The van der Waals surface area contributed by atoms with Gasteiger partial charge in [0.1, 0.15) is 11.6 Å². The van der Waals surface area contributed by atoms with E-state index < -0.39 is 0 Å². The summed E-state index contributed by atoms with van der Waals surface area (Å²) in [7, 11) is 1.92. The Hall–Kier alpha value is -2.36. The van der Waals surface area contributed by atoms with Gasteiger partial charge in [-0.2, -0.15) is 0 Å². The summed E-state index contributed by atoms with van der Waals surface area (Å²) in [6, 6.07) is 12.1. The molecule has 1 aromatic heterocycles. The minimum atomic E-state index is -0.274. The van der Waals surface area contributed by atoms with Gasteiger partial charge in [0, 0.05) is 24.4 Å². The fraction of sp³-hybridized carbons (Fsp3) is 0.0714. The fourth-order valence-corrected chi connectivity index (χ4v) is 2.06. The smallest absolute Gasteiger partial charge is 0.140 e. The largest absolute Gasteiger partial charge is 0.399 e. The average molecular weight is 241 g/mol. The third kappa shape index (κ3) is 1.62. The van der Waals surface area contributed by atoms with Gasteiger partial charge in [-0.15, -0.1) is 0 Å². The monoisotopic (exact) mass is 241 g/mol. The van der Waals surface area contributed by atoms with Gasteiger partial charge in [0.2, 0.25) is 0 Å². The van der Waals surface area contributed by atoms with E-state index in [0.29, 0.717) is 11.2 Å². The average Bonchev–Trinajstić information content (AvgIpc) is 2.67. The second-order valence-electron chi connectivity index (χ2n) is 4.25. The van der Waals surface area contributed by atoms with Gasteiger partial charge in [-0.1, -0.05) is 0 Å². The van der Waals surface area contributed by atoms with Gasteiger partial charge in [0.05, 0.1) is 11.0 Å². The number of benzene rings is 2. The predicted molar refractivity (Wildman–Crippen MR) is 70.5 cm³/mol. The molecule has 0 unspecified atom stereocenters. The second-order valence-corrected chi connectivity index (χ2v) is 4.25. The Morgan fingerprint density at radius 1 is 1.11 bits per heavy atom. The van der Waals surface area contributed by atoms with E-state index in [9.17, 15) is 4.39 Å². The molecule has 1 heterocycles. The number of hydrogen-bond donors (Lipinski definition) is 1. The van der Waals surface area contributed by atoms with Crippen LogP contribution in [0.4, 0.5) is 10.1 Å². The number of nitrogens with two attached hydrogens (primary N) is 1. The Kier molecular flexibility index (Phi) is 2.30. The van der Waals surface area contributed by atoms with Gasteiger partial charge >= 0.3 is 0 Å². The molecule has 0 aliphatic carbocycles. The molecule has 18 heavy (non-hydrogen) atoms. The van der Waals surface area contributed by atoms with Crippen molar-refractivity contribution < 1.29 is 4.39 Å². The lowest BCUT2D eigenvalue weighted by molar-refractivity contribution is 0.629. The fourth-order valence-electron chi connectivity index (χ4n) is 2.06. The lowest BCUT2D eigenvalue weighted by Gasteiger charge is -2.02. The predicted octanol–water partition coefficient (Wildman–Crippen LogP) is 2.96. The van der Waals surface area contributed by atoms with E-state index in [1.807, 2.05) is 35.9 Å². The highest BCUT2D eigenvalue weighted by atomic mass is 19.1. The summed E-state index contributed by atoms with van der Waals surface area (Å²) in [5.41, 5.74) is 8.90. The van der Waals surface area contributed by atoms with E-state index in [2.05, 4.69) is 4.98 Å². The van der Waals surface area contributed by atoms with E-state index >= 15 is 0 Å². The van der Waals surface area contributed by atoms with Crippen LogP contribution < -0.4 is 5.73 Å². The number of fused-ring (bicyclic) bond motifs is 1. The summed E-state index contributed by atoms with van der Waals surface area (Å²) in [5, 5.41) is 0. The number of hydrogen-bond acceptors (Lipinski definition) is 2. The van der Waals surface area contributed by atoms with Crippen LogP contribution in [0.3, 0.4) is 0 Å². The Morgan fingerprint density at radius 2 is 1.83 bits per heavy atom. The van der Waals surface area contributed by atoms with E-state index in [1.54, 1.807) is 6.07 Å². The van der Waals surface area contributed by atoms with Gasteiger partial charge in [-0.05, 0) is 36.4 Å². The number of aryl methyl sites for hydroxylation is 1. The minimum Gasteiger partial charge on any atom is -0.399 e. The van der Waals surface area contributed by atoms with Crippen molar-refractivity contribution in [3.63, 3.8) is 0 Å². The first-order valence-electron chi connectivity index (χ1n) is 5.63. The van der Waals surface area contributed by atoms with Crippen molar-refractivity contribution in [3.05, 3.63) is 48.3 Å². The Balaban J connectivity index is 2.23. The second kappa shape index (κ2) is 3.84. The lowest BCUT2D eigenvalue weighted by Crippen LogP contribution is -1.92. The molecular weight excluding hydrogens is 229 g/mol. The van der Waals surface area contributed by atoms with E-state index in [1.165, 1.54) is 12.1 Å². The van der Waals surface area contributed by atoms with Crippen molar-refractivity contribution in [2.75, 3.05) is 5.73 Å². The summed E-state index contributed by atoms with van der Waals surface area (Å²) < 4.78 is 15.1. The van der Waals surface area contributed by atoms with Crippen LogP contribution in [-0.4, -0.2) is 9.55 Å². The van der Waals surface area contributed by atoms with Gasteiger partial charge in [-0.25, -0.2) is 9.37 Å². The summed E-state index contributed by atoms with van der Waals surface area (Å²) in [6.45, 7) is 0. The molecule has 0 fully saturated rings. The zero-order valence-corrected chi connectivity index (χ0v) is 9.89. The van der Waals surface area contributed by atoms with Crippen LogP contribution in [-0.2, 0) is 7.05 Å². The molecule has 0 saturated heterocycles. The van der Waals surface area contributed by atoms with E-state index in [-0.39, 0.29) is 5.82 Å². The third-order valence-corrected chi connectivity index (χ3v) is 3.01. The Morgan fingerprint density at radius 3 is 2.56 bits per heavy atom. The highest BCUT2D eigenvalue weighted by Crippen LogP contribution is 2.24. The molecule has 2 aromatic carbocycles. The Bertz CT molecular complexity index is 714. The summed E-state index contributed by atoms with van der Waals surface area (Å²) in [4.78, 5) is 4.46. The molecule has 2 N–H and O–H groups in total. The number of nitrogen functional groups attached to an aromatic ring is 1. The highest BCUT2D eigenvalue weighted by Gasteiger charge is 2.10. The molecule has 0 spiro atoms. The molecule has 3 nitrogen and oxygen atoms in total. The first-order chi connectivity index (χ1) is 8.65. The molecule has 4 heteroatoms. The molecule has 0 radical (unpaired) electrons. The Labute approximate surface area is 104 Å². The summed E-state index contributed by atoms with van der Waals surface area (Å²) >= 11 is 0. The summed E-state index contributed by atoms with van der Waals surface area (Å²) in [5.74, 6) is 0.528. The van der Waals surface area contributed by atoms with Crippen molar-refractivity contribution in [1.82, 2.24) is 9.55 Å². The van der Waals surface area contributed by atoms with Gasteiger partial charge in [0.15, 0.2) is 0 Å². The molecular formula is C14H12FN3. The summed E-state index contributed by atoms with van der Waals surface area (Å²) in [6.07, 6.45) is 0. The van der Waals surface area contributed by atoms with Crippen LogP contribution >= 0.6 is 0 Å². The van der Waals surface area contributed by atoms with E-state index in [4.69, 9.17) is 5.73 Å². The van der Waals surface area contributed by atoms with Crippen molar-refractivity contribution in [3.8, 4) is 11.4 Å².